The Morgan fingerprint density at radius 1 is 0.897 bits per heavy atom. The monoisotopic (exact) mass is 396 g/mol. The molecule has 0 N–H and O–H groups in total. The molecule has 0 unspecified atom stereocenters. The maximum atomic E-state index is 13.0. The third-order valence-electron chi connectivity index (χ3n) is 7.96. The molecule has 29 heavy (non-hydrogen) atoms. The number of piperazine rings is 1. The van der Waals surface area contributed by atoms with Gasteiger partial charge < -0.3 is 9.80 Å². The van der Waals surface area contributed by atoms with Gasteiger partial charge in [-0.05, 0) is 56.1 Å². The van der Waals surface area contributed by atoms with E-state index in [9.17, 15) is 9.59 Å². The molecule has 2 amide bonds. The molecule has 2 aliphatic heterocycles. The second-order valence-electron chi connectivity index (χ2n) is 9.58. The van der Waals surface area contributed by atoms with Crippen molar-refractivity contribution in [2.45, 2.75) is 51.0 Å². The van der Waals surface area contributed by atoms with Crippen molar-refractivity contribution in [3.63, 3.8) is 0 Å². The van der Waals surface area contributed by atoms with Crippen molar-refractivity contribution in [2.24, 2.45) is 11.3 Å². The first-order valence-corrected chi connectivity index (χ1v) is 11.4. The van der Waals surface area contributed by atoms with Crippen LogP contribution in [0.5, 0.6) is 0 Å². The van der Waals surface area contributed by atoms with Gasteiger partial charge in [-0.3, -0.25) is 19.5 Å². The Balaban J connectivity index is 1.08. The zero-order valence-corrected chi connectivity index (χ0v) is 17.3. The summed E-state index contributed by atoms with van der Waals surface area (Å²) in [6.45, 7) is 5.55. The highest BCUT2D eigenvalue weighted by Crippen LogP contribution is 2.53. The second kappa shape index (κ2) is 7.71. The van der Waals surface area contributed by atoms with E-state index in [1.807, 2.05) is 4.90 Å². The van der Waals surface area contributed by atoms with Gasteiger partial charge in [-0.1, -0.05) is 6.42 Å². The van der Waals surface area contributed by atoms with E-state index in [4.69, 9.17) is 0 Å². The maximum absolute atomic E-state index is 13.0. The molecule has 6 nitrogen and oxygen atoms in total. The van der Waals surface area contributed by atoms with Crippen LogP contribution in [0.15, 0.2) is 24.5 Å². The lowest BCUT2D eigenvalue weighted by molar-refractivity contribution is -0.148. The van der Waals surface area contributed by atoms with Crippen LogP contribution in [0.25, 0.3) is 0 Å². The molecular formula is C23H32N4O2. The first-order chi connectivity index (χ1) is 14.1. The highest BCUT2D eigenvalue weighted by Gasteiger charge is 2.50. The normalized spacial score (nSPS) is 25.5. The van der Waals surface area contributed by atoms with E-state index in [2.05, 4.69) is 14.8 Å². The number of carbonyl (C=O) groups is 2. The zero-order chi connectivity index (χ0) is 19.8. The number of hydrogen-bond donors (Lipinski definition) is 0. The number of carbonyl (C=O) groups excluding carboxylic acids is 2. The Kier molecular flexibility index (Phi) is 5.06. The molecule has 3 heterocycles. The minimum absolute atomic E-state index is 0.110. The predicted molar refractivity (Wildman–Crippen MR) is 110 cm³/mol. The second-order valence-corrected chi connectivity index (χ2v) is 9.58. The summed E-state index contributed by atoms with van der Waals surface area (Å²) in [5.41, 5.74) is 1.02. The van der Waals surface area contributed by atoms with E-state index >= 15 is 0 Å². The van der Waals surface area contributed by atoms with Crippen LogP contribution in [0.2, 0.25) is 0 Å². The summed E-state index contributed by atoms with van der Waals surface area (Å²) >= 11 is 0. The molecule has 0 bridgehead atoms. The van der Waals surface area contributed by atoms with Crippen LogP contribution < -0.4 is 0 Å². The number of piperidine rings is 1. The van der Waals surface area contributed by atoms with E-state index in [0.717, 1.165) is 76.6 Å². The van der Waals surface area contributed by atoms with Crippen LogP contribution in [0.4, 0.5) is 0 Å². The molecule has 1 spiro atoms. The molecule has 6 heteroatoms. The minimum Gasteiger partial charge on any atom is -0.340 e. The number of likely N-dealkylation sites (tertiary alicyclic amines) is 1. The number of aromatic nitrogens is 1. The fraction of sp³-hybridized carbons (Fsp3) is 0.696. The van der Waals surface area contributed by atoms with Gasteiger partial charge in [0.05, 0.1) is 0 Å². The molecule has 5 rings (SSSR count). The van der Waals surface area contributed by atoms with Crippen molar-refractivity contribution >= 4 is 11.8 Å². The number of pyridine rings is 1. The van der Waals surface area contributed by atoms with Crippen LogP contribution in [-0.4, -0.2) is 76.8 Å². The van der Waals surface area contributed by atoms with Crippen molar-refractivity contribution in [2.75, 3.05) is 39.3 Å². The average molecular weight is 397 g/mol. The molecule has 0 atom stereocenters. The van der Waals surface area contributed by atoms with Crippen molar-refractivity contribution in [1.82, 2.24) is 19.7 Å². The van der Waals surface area contributed by atoms with E-state index in [-0.39, 0.29) is 11.8 Å². The first kappa shape index (κ1) is 19.0. The summed E-state index contributed by atoms with van der Waals surface area (Å²) in [6, 6.07) is 4.37. The number of rotatable bonds is 3. The molecule has 0 aromatic carbocycles. The Labute approximate surface area is 173 Å². The molecule has 4 fully saturated rings. The molecule has 2 saturated carbocycles. The van der Waals surface area contributed by atoms with Gasteiger partial charge >= 0.3 is 0 Å². The Morgan fingerprint density at radius 2 is 1.55 bits per heavy atom. The molecule has 2 aliphatic carbocycles. The third kappa shape index (κ3) is 3.67. The first-order valence-electron chi connectivity index (χ1n) is 11.4. The molecule has 2 saturated heterocycles. The summed E-state index contributed by atoms with van der Waals surface area (Å²) in [4.78, 5) is 36.3. The average Bonchev–Trinajstić information content (AvgIpc) is 2.71. The van der Waals surface area contributed by atoms with Crippen molar-refractivity contribution in [3.8, 4) is 0 Å². The maximum Gasteiger partial charge on any atom is 0.253 e. The van der Waals surface area contributed by atoms with E-state index < -0.39 is 0 Å². The van der Waals surface area contributed by atoms with Crippen LogP contribution in [0, 0.1) is 11.3 Å². The van der Waals surface area contributed by atoms with Crippen LogP contribution in [0.3, 0.4) is 0 Å². The molecule has 156 valence electrons. The summed E-state index contributed by atoms with van der Waals surface area (Å²) in [5, 5.41) is 0. The molecule has 1 aromatic heterocycles. The van der Waals surface area contributed by atoms with Gasteiger partial charge in [0.15, 0.2) is 0 Å². The lowest BCUT2D eigenvalue weighted by Gasteiger charge is -2.53. The molecule has 4 aliphatic rings. The smallest absolute Gasteiger partial charge is 0.253 e. The van der Waals surface area contributed by atoms with Gasteiger partial charge in [0.25, 0.3) is 5.91 Å². The SMILES string of the molecule is O=C(c1ccncc1)N1CCC2(CC1)CC(C(=O)N1CCN(C3CCC3)CC1)C2. The lowest BCUT2D eigenvalue weighted by Crippen LogP contribution is -2.57. The van der Waals surface area contributed by atoms with Gasteiger partial charge in [0.1, 0.15) is 0 Å². The zero-order valence-electron chi connectivity index (χ0n) is 17.3. The minimum atomic E-state index is 0.110. The Bertz CT molecular complexity index is 739. The number of nitrogens with zero attached hydrogens (tertiary/aromatic N) is 4. The molecule has 1 aromatic rings. The van der Waals surface area contributed by atoms with Crippen LogP contribution >= 0.6 is 0 Å². The fourth-order valence-electron chi connectivity index (χ4n) is 5.75. The lowest BCUT2D eigenvalue weighted by atomic mass is 9.57. The highest BCUT2D eigenvalue weighted by molar-refractivity contribution is 5.94. The highest BCUT2D eigenvalue weighted by atomic mass is 16.2. The van der Waals surface area contributed by atoms with E-state index in [0.29, 0.717) is 11.3 Å². The molecular weight excluding hydrogens is 364 g/mol. The van der Waals surface area contributed by atoms with Crippen LogP contribution in [-0.2, 0) is 4.79 Å². The summed E-state index contributed by atoms with van der Waals surface area (Å²) in [7, 11) is 0. The number of amides is 2. The van der Waals surface area contributed by atoms with Crippen molar-refractivity contribution in [1.29, 1.82) is 0 Å². The van der Waals surface area contributed by atoms with Gasteiger partial charge in [-0.15, -0.1) is 0 Å². The van der Waals surface area contributed by atoms with E-state index in [1.165, 1.54) is 19.3 Å². The van der Waals surface area contributed by atoms with Gasteiger partial charge in [0.2, 0.25) is 5.91 Å². The topological polar surface area (TPSA) is 56.8 Å². The quantitative estimate of drug-likeness (QED) is 0.787. The summed E-state index contributed by atoms with van der Waals surface area (Å²) in [6.07, 6.45) is 11.5. The fourth-order valence-corrected chi connectivity index (χ4v) is 5.75. The van der Waals surface area contributed by atoms with E-state index in [1.54, 1.807) is 24.5 Å². The van der Waals surface area contributed by atoms with Gasteiger partial charge in [0, 0.05) is 69.2 Å². The molecule has 0 radical (unpaired) electrons. The third-order valence-corrected chi connectivity index (χ3v) is 7.96. The van der Waals surface area contributed by atoms with Gasteiger partial charge in [-0.2, -0.15) is 0 Å². The Morgan fingerprint density at radius 3 is 2.14 bits per heavy atom. The Hall–Kier alpha value is -1.95. The standard InChI is InChI=1S/C23H32N4O2/c28-21(18-4-8-24-9-5-18)26-10-6-23(7-11-26)16-19(17-23)22(29)27-14-12-25(13-15-27)20-2-1-3-20/h4-5,8-9,19-20H,1-3,6-7,10-17H2. The van der Waals surface area contributed by atoms with Crippen molar-refractivity contribution < 1.29 is 9.59 Å². The summed E-state index contributed by atoms with van der Waals surface area (Å²) < 4.78 is 0. The summed E-state index contributed by atoms with van der Waals surface area (Å²) in [5.74, 6) is 0.713. The largest absolute Gasteiger partial charge is 0.340 e. The van der Waals surface area contributed by atoms with Gasteiger partial charge in [-0.25, -0.2) is 0 Å². The predicted octanol–water partition coefficient (Wildman–Crippen LogP) is 2.41. The van der Waals surface area contributed by atoms with Crippen molar-refractivity contribution in [3.05, 3.63) is 30.1 Å². The van der Waals surface area contributed by atoms with Crippen LogP contribution in [0.1, 0.15) is 55.3 Å². The number of hydrogen-bond acceptors (Lipinski definition) is 4.